The Labute approximate surface area is 118 Å². The number of phenolic OH excluding ortho intramolecular Hbond substituents is 1. The zero-order valence-corrected chi connectivity index (χ0v) is 11.8. The molecule has 1 aliphatic carbocycles. The Morgan fingerprint density at radius 1 is 1.40 bits per heavy atom. The Kier molecular flexibility index (Phi) is 4.30. The summed E-state index contributed by atoms with van der Waals surface area (Å²) in [5.74, 6) is 0.775. The highest BCUT2D eigenvalue weighted by molar-refractivity contribution is 5.55. The molecule has 1 aliphatic rings. The van der Waals surface area contributed by atoms with E-state index >= 15 is 0 Å². The van der Waals surface area contributed by atoms with Crippen LogP contribution in [0.15, 0.2) is 17.1 Å². The molecule has 0 saturated heterocycles. The topological polar surface area (TPSA) is 68.1 Å². The number of benzene rings is 1. The van der Waals surface area contributed by atoms with Crippen LogP contribution >= 0.6 is 0 Å². The number of ether oxygens (including phenoxy) is 2. The smallest absolute Gasteiger partial charge is 0.235 e. The van der Waals surface area contributed by atoms with Gasteiger partial charge in [0.2, 0.25) is 11.8 Å². The zero-order chi connectivity index (χ0) is 14.6. The van der Waals surface area contributed by atoms with Crippen molar-refractivity contribution in [2.45, 2.75) is 38.1 Å². The van der Waals surface area contributed by atoms with Gasteiger partial charge in [-0.1, -0.05) is 12.8 Å². The molecule has 1 saturated carbocycles. The largest absolute Gasteiger partial charge is 0.504 e. The minimum Gasteiger partial charge on any atom is -0.504 e. The summed E-state index contributed by atoms with van der Waals surface area (Å²) in [5.41, 5.74) is 0.192. The first-order chi connectivity index (χ1) is 9.66. The van der Waals surface area contributed by atoms with Crippen LogP contribution in [0.5, 0.6) is 17.2 Å². The van der Waals surface area contributed by atoms with Crippen molar-refractivity contribution < 1.29 is 19.4 Å². The molecule has 20 heavy (non-hydrogen) atoms. The van der Waals surface area contributed by atoms with Gasteiger partial charge in [0.1, 0.15) is 0 Å². The Morgan fingerprint density at radius 3 is 2.65 bits per heavy atom. The number of rotatable bonds is 5. The number of hydrogen-bond acceptors (Lipinski definition) is 5. The van der Waals surface area contributed by atoms with Gasteiger partial charge in [-0.15, -0.1) is 0 Å². The van der Waals surface area contributed by atoms with E-state index in [1.54, 1.807) is 18.2 Å². The number of isocyanates is 1. The second-order valence-corrected chi connectivity index (χ2v) is 4.90. The van der Waals surface area contributed by atoms with Gasteiger partial charge in [0, 0.05) is 0 Å². The van der Waals surface area contributed by atoms with Gasteiger partial charge in [-0.05, 0) is 37.5 Å². The number of aliphatic imine (C=N–C) groups is 1. The molecule has 0 heterocycles. The molecular weight excluding hydrogens is 258 g/mol. The van der Waals surface area contributed by atoms with Crippen LogP contribution in [-0.4, -0.2) is 24.9 Å². The molecule has 5 heteroatoms. The van der Waals surface area contributed by atoms with Gasteiger partial charge in [-0.25, -0.2) is 4.79 Å². The molecule has 0 aliphatic heterocycles. The second-order valence-electron chi connectivity index (χ2n) is 4.90. The highest BCUT2D eigenvalue weighted by Gasteiger charge is 2.37. The predicted molar refractivity (Wildman–Crippen MR) is 74.1 cm³/mol. The third-order valence-electron chi connectivity index (χ3n) is 3.77. The number of phenols is 1. The monoisotopic (exact) mass is 277 g/mol. The van der Waals surface area contributed by atoms with Gasteiger partial charge in [0.05, 0.1) is 19.3 Å². The van der Waals surface area contributed by atoms with Crippen LogP contribution in [0.25, 0.3) is 0 Å². The number of carbonyl (C=O) groups excluding carboxylic acids is 1. The molecule has 0 radical (unpaired) electrons. The van der Waals surface area contributed by atoms with Crippen molar-refractivity contribution in [3.05, 3.63) is 17.7 Å². The van der Waals surface area contributed by atoms with Crippen LogP contribution in [0, 0.1) is 0 Å². The van der Waals surface area contributed by atoms with E-state index in [0.29, 0.717) is 18.1 Å². The first-order valence-corrected chi connectivity index (χ1v) is 6.80. The van der Waals surface area contributed by atoms with Crippen molar-refractivity contribution in [3.63, 3.8) is 0 Å². The van der Waals surface area contributed by atoms with Crippen molar-refractivity contribution in [1.82, 2.24) is 0 Å². The standard InChI is InChI=1S/C15H19NO4/c1-3-20-13-9-11(8-12(18)14(13)19-2)15(16-10-17)6-4-5-7-15/h8-9,18H,3-7H2,1-2H3. The fourth-order valence-corrected chi connectivity index (χ4v) is 2.84. The molecule has 0 atom stereocenters. The van der Waals surface area contributed by atoms with Gasteiger partial charge in [-0.2, -0.15) is 4.99 Å². The maximum Gasteiger partial charge on any atom is 0.235 e. The molecule has 5 nitrogen and oxygen atoms in total. The van der Waals surface area contributed by atoms with E-state index in [-0.39, 0.29) is 5.75 Å². The van der Waals surface area contributed by atoms with E-state index in [9.17, 15) is 9.90 Å². The first kappa shape index (κ1) is 14.4. The van der Waals surface area contributed by atoms with Crippen LogP contribution < -0.4 is 9.47 Å². The molecule has 1 N–H and O–H groups in total. The number of hydrogen-bond donors (Lipinski definition) is 1. The molecule has 1 aromatic carbocycles. The summed E-state index contributed by atoms with van der Waals surface area (Å²) in [4.78, 5) is 14.8. The van der Waals surface area contributed by atoms with E-state index in [2.05, 4.69) is 4.99 Å². The molecule has 0 bridgehead atoms. The minimum atomic E-state index is -0.586. The first-order valence-electron chi connectivity index (χ1n) is 6.80. The van der Waals surface area contributed by atoms with Crippen molar-refractivity contribution in [2.24, 2.45) is 4.99 Å². The molecule has 1 aromatic rings. The van der Waals surface area contributed by atoms with Gasteiger partial charge in [-0.3, -0.25) is 0 Å². The van der Waals surface area contributed by atoms with E-state index in [0.717, 1.165) is 31.2 Å². The Balaban J connectivity index is 2.53. The molecular formula is C15H19NO4. The van der Waals surface area contributed by atoms with Crippen molar-refractivity contribution in [1.29, 1.82) is 0 Å². The summed E-state index contributed by atoms with van der Waals surface area (Å²) >= 11 is 0. The summed E-state index contributed by atoms with van der Waals surface area (Å²) in [5, 5.41) is 10.1. The average molecular weight is 277 g/mol. The lowest BCUT2D eigenvalue weighted by atomic mass is 9.88. The molecule has 0 unspecified atom stereocenters. The van der Waals surface area contributed by atoms with Crippen LogP contribution in [0.2, 0.25) is 0 Å². The molecule has 1 fully saturated rings. The van der Waals surface area contributed by atoms with E-state index < -0.39 is 5.54 Å². The summed E-state index contributed by atoms with van der Waals surface area (Å²) in [7, 11) is 1.48. The Morgan fingerprint density at radius 2 is 2.10 bits per heavy atom. The van der Waals surface area contributed by atoms with Gasteiger partial charge < -0.3 is 14.6 Å². The summed E-state index contributed by atoms with van der Waals surface area (Å²) in [6.07, 6.45) is 5.23. The SMILES string of the molecule is CCOc1cc(C2(N=C=O)CCCC2)cc(O)c1OC. The van der Waals surface area contributed by atoms with E-state index in [1.165, 1.54) is 7.11 Å². The molecule has 108 valence electrons. The van der Waals surface area contributed by atoms with Crippen molar-refractivity contribution >= 4 is 6.08 Å². The zero-order valence-electron chi connectivity index (χ0n) is 11.8. The lowest BCUT2D eigenvalue weighted by molar-refractivity contribution is 0.298. The highest BCUT2D eigenvalue weighted by Crippen LogP contribution is 2.47. The summed E-state index contributed by atoms with van der Waals surface area (Å²) in [6.45, 7) is 2.32. The third-order valence-corrected chi connectivity index (χ3v) is 3.77. The fraction of sp³-hybridized carbons (Fsp3) is 0.533. The van der Waals surface area contributed by atoms with Gasteiger partial charge in [0.25, 0.3) is 0 Å². The van der Waals surface area contributed by atoms with Crippen LogP contribution in [-0.2, 0) is 10.3 Å². The van der Waals surface area contributed by atoms with E-state index in [4.69, 9.17) is 9.47 Å². The summed E-state index contributed by atoms with van der Waals surface area (Å²) in [6, 6.07) is 3.40. The lowest BCUT2D eigenvalue weighted by Crippen LogP contribution is -2.19. The van der Waals surface area contributed by atoms with E-state index in [1.807, 2.05) is 6.92 Å². The maximum atomic E-state index is 10.7. The molecule has 0 spiro atoms. The predicted octanol–water partition coefficient (Wildman–Crippen LogP) is 2.90. The lowest BCUT2D eigenvalue weighted by Gasteiger charge is -2.24. The number of methoxy groups -OCH3 is 1. The maximum absolute atomic E-state index is 10.7. The molecule has 0 amide bonds. The summed E-state index contributed by atoms with van der Waals surface area (Å²) < 4.78 is 10.7. The Bertz CT molecular complexity index is 529. The number of nitrogens with zero attached hydrogens (tertiary/aromatic N) is 1. The average Bonchev–Trinajstić information content (AvgIpc) is 2.89. The third kappa shape index (κ3) is 2.49. The van der Waals surface area contributed by atoms with Crippen LogP contribution in [0.3, 0.4) is 0 Å². The molecule has 0 aromatic heterocycles. The highest BCUT2D eigenvalue weighted by atomic mass is 16.5. The Hall–Kier alpha value is -2.00. The van der Waals surface area contributed by atoms with Gasteiger partial charge >= 0.3 is 0 Å². The van der Waals surface area contributed by atoms with Gasteiger partial charge in [0.15, 0.2) is 11.5 Å². The molecule has 2 rings (SSSR count). The fourth-order valence-electron chi connectivity index (χ4n) is 2.84. The minimum absolute atomic E-state index is 0.000763. The number of aromatic hydroxyl groups is 1. The van der Waals surface area contributed by atoms with Crippen molar-refractivity contribution in [3.8, 4) is 17.2 Å². The van der Waals surface area contributed by atoms with Crippen LogP contribution in [0.4, 0.5) is 0 Å². The van der Waals surface area contributed by atoms with Crippen molar-refractivity contribution in [2.75, 3.05) is 13.7 Å². The normalized spacial score (nSPS) is 16.5. The second kappa shape index (κ2) is 5.97. The quantitative estimate of drug-likeness (QED) is 0.663. The van der Waals surface area contributed by atoms with Crippen LogP contribution in [0.1, 0.15) is 38.2 Å².